The molecule has 2 aromatic rings. The van der Waals surface area contributed by atoms with Crippen molar-refractivity contribution in [2.24, 2.45) is 0 Å². The van der Waals surface area contributed by atoms with E-state index in [2.05, 4.69) is 51.8 Å². The van der Waals surface area contributed by atoms with Gasteiger partial charge in [0, 0.05) is 44.1 Å². The van der Waals surface area contributed by atoms with Gasteiger partial charge >= 0.3 is 0 Å². The van der Waals surface area contributed by atoms with Gasteiger partial charge in [0.2, 0.25) is 5.91 Å². The van der Waals surface area contributed by atoms with E-state index in [1.807, 2.05) is 23.0 Å². The predicted molar refractivity (Wildman–Crippen MR) is 98.0 cm³/mol. The number of carbonyl (C=O) groups is 1. The molecule has 1 fully saturated rings. The van der Waals surface area contributed by atoms with Crippen molar-refractivity contribution in [1.82, 2.24) is 25.3 Å². The molecular formula is C19H27N5O. The predicted octanol–water partition coefficient (Wildman–Crippen LogP) is 1.25. The molecule has 1 aromatic carbocycles. The van der Waals surface area contributed by atoms with Crippen molar-refractivity contribution in [3.63, 3.8) is 0 Å². The van der Waals surface area contributed by atoms with E-state index in [4.69, 9.17) is 0 Å². The van der Waals surface area contributed by atoms with Crippen LogP contribution in [0.2, 0.25) is 0 Å². The van der Waals surface area contributed by atoms with Gasteiger partial charge in [-0.2, -0.15) is 5.10 Å². The average Bonchev–Trinajstić information content (AvgIpc) is 3.26. The lowest BCUT2D eigenvalue weighted by Crippen LogP contribution is -2.44. The molecule has 25 heavy (non-hydrogen) atoms. The Balaban J connectivity index is 1.34. The molecule has 1 aliphatic rings. The smallest absolute Gasteiger partial charge is 0.234 e. The zero-order chi connectivity index (χ0) is 17.5. The van der Waals surface area contributed by atoms with E-state index in [1.165, 1.54) is 5.56 Å². The molecule has 1 aliphatic heterocycles. The minimum atomic E-state index is 0.0684. The minimum Gasteiger partial charge on any atom is -0.351 e. The number of hydrogen-bond acceptors (Lipinski definition) is 4. The average molecular weight is 341 g/mol. The molecule has 6 nitrogen and oxygen atoms in total. The highest BCUT2D eigenvalue weighted by molar-refractivity contribution is 5.78. The first kappa shape index (κ1) is 17.6. The van der Waals surface area contributed by atoms with E-state index in [1.54, 1.807) is 6.20 Å². The van der Waals surface area contributed by atoms with Gasteiger partial charge in [-0.1, -0.05) is 30.3 Å². The quantitative estimate of drug-likeness (QED) is 0.759. The van der Waals surface area contributed by atoms with Gasteiger partial charge in [0.25, 0.3) is 0 Å². The Bertz CT molecular complexity index is 643. The Hall–Kier alpha value is -2.18. The van der Waals surface area contributed by atoms with Crippen LogP contribution in [0.4, 0.5) is 0 Å². The number of amides is 1. The highest BCUT2D eigenvalue weighted by atomic mass is 16.2. The fourth-order valence-electron chi connectivity index (χ4n) is 3.23. The van der Waals surface area contributed by atoms with E-state index >= 15 is 0 Å². The third-order valence-corrected chi connectivity index (χ3v) is 4.52. The first-order valence-corrected chi connectivity index (χ1v) is 8.95. The lowest BCUT2D eigenvalue weighted by Gasteiger charge is -2.18. The molecule has 0 spiro atoms. The number of hydrogen-bond donors (Lipinski definition) is 2. The van der Waals surface area contributed by atoms with Crippen LogP contribution in [0.3, 0.4) is 0 Å². The zero-order valence-corrected chi connectivity index (χ0v) is 14.8. The topological polar surface area (TPSA) is 62.2 Å². The molecule has 2 N–H and O–H groups in total. The molecule has 6 heteroatoms. The van der Waals surface area contributed by atoms with Crippen molar-refractivity contribution in [2.45, 2.75) is 38.5 Å². The highest BCUT2D eigenvalue weighted by Crippen LogP contribution is 2.13. The van der Waals surface area contributed by atoms with Crippen LogP contribution >= 0.6 is 0 Å². The maximum Gasteiger partial charge on any atom is 0.234 e. The summed E-state index contributed by atoms with van der Waals surface area (Å²) in [6, 6.07) is 12.8. The molecule has 3 rings (SSSR count). The number of nitrogens with one attached hydrogen (secondary N) is 2. The van der Waals surface area contributed by atoms with Crippen molar-refractivity contribution in [1.29, 1.82) is 0 Å². The fraction of sp³-hybridized carbons (Fsp3) is 0.474. The summed E-state index contributed by atoms with van der Waals surface area (Å²) in [6.07, 6.45) is 4.71. The molecular weight excluding hydrogens is 314 g/mol. The van der Waals surface area contributed by atoms with Gasteiger partial charge in [0.05, 0.1) is 13.1 Å². The number of likely N-dealkylation sites (tertiary alicyclic amines) is 1. The van der Waals surface area contributed by atoms with E-state index in [9.17, 15) is 4.79 Å². The highest BCUT2D eigenvalue weighted by Gasteiger charge is 2.23. The van der Waals surface area contributed by atoms with Crippen LogP contribution in [0.1, 0.15) is 18.9 Å². The second-order valence-electron chi connectivity index (χ2n) is 6.78. The second kappa shape index (κ2) is 8.78. The fourth-order valence-corrected chi connectivity index (χ4v) is 3.23. The summed E-state index contributed by atoms with van der Waals surface area (Å²) in [5, 5.41) is 10.6. The van der Waals surface area contributed by atoms with E-state index in [0.717, 1.165) is 32.6 Å². The Kier molecular flexibility index (Phi) is 6.19. The summed E-state index contributed by atoms with van der Waals surface area (Å²) in [5.41, 5.74) is 1.32. The van der Waals surface area contributed by atoms with Crippen molar-refractivity contribution in [2.75, 3.05) is 19.6 Å². The lowest BCUT2D eigenvalue weighted by atomic mass is 10.2. The van der Waals surface area contributed by atoms with E-state index in [-0.39, 0.29) is 18.0 Å². The normalized spacial score (nSPS) is 19.0. The number of benzene rings is 1. The van der Waals surface area contributed by atoms with Crippen LogP contribution in [0.5, 0.6) is 0 Å². The maximum absolute atomic E-state index is 12.2. The molecule has 0 aliphatic carbocycles. The lowest BCUT2D eigenvalue weighted by molar-refractivity contribution is -0.121. The first-order valence-electron chi connectivity index (χ1n) is 8.95. The minimum absolute atomic E-state index is 0.0684. The Morgan fingerprint density at radius 3 is 2.92 bits per heavy atom. The molecule has 134 valence electrons. The summed E-state index contributed by atoms with van der Waals surface area (Å²) in [7, 11) is 0. The van der Waals surface area contributed by atoms with Crippen LogP contribution in [0.15, 0.2) is 48.8 Å². The molecule has 0 saturated carbocycles. The second-order valence-corrected chi connectivity index (χ2v) is 6.78. The van der Waals surface area contributed by atoms with Crippen LogP contribution in [0.25, 0.3) is 0 Å². The van der Waals surface area contributed by atoms with Crippen molar-refractivity contribution >= 4 is 5.91 Å². The van der Waals surface area contributed by atoms with Gasteiger partial charge in [-0.05, 0) is 25.0 Å². The summed E-state index contributed by atoms with van der Waals surface area (Å²) in [5.74, 6) is 0.0684. The number of rotatable bonds is 8. The Morgan fingerprint density at radius 1 is 1.32 bits per heavy atom. The number of aromatic nitrogens is 2. The maximum atomic E-state index is 12.2. The largest absolute Gasteiger partial charge is 0.351 e. The molecule has 1 saturated heterocycles. The molecule has 1 aromatic heterocycles. The molecule has 0 radical (unpaired) electrons. The van der Waals surface area contributed by atoms with Crippen LogP contribution in [-0.2, 0) is 17.9 Å². The van der Waals surface area contributed by atoms with Crippen molar-refractivity contribution in [3.8, 4) is 0 Å². The monoisotopic (exact) mass is 341 g/mol. The van der Waals surface area contributed by atoms with E-state index < -0.39 is 0 Å². The summed E-state index contributed by atoms with van der Waals surface area (Å²) >= 11 is 0. The van der Waals surface area contributed by atoms with Gasteiger partial charge in [0.15, 0.2) is 0 Å². The van der Waals surface area contributed by atoms with Gasteiger partial charge in [-0.15, -0.1) is 0 Å². The Labute approximate surface area is 149 Å². The summed E-state index contributed by atoms with van der Waals surface area (Å²) in [6.45, 7) is 6.07. The van der Waals surface area contributed by atoms with Gasteiger partial charge in [0.1, 0.15) is 0 Å². The van der Waals surface area contributed by atoms with Crippen LogP contribution in [0, 0.1) is 0 Å². The van der Waals surface area contributed by atoms with Crippen molar-refractivity contribution < 1.29 is 4.79 Å². The third kappa shape index (κ3) is 5.69. The number of carbonyl (C=O) groups excluding carboxylic acids is 1. The Morgan fingerprint density at radius 2 is 2.16 bits per heavy atom. The molecule has 0 unspecified atom stereocenters. The third-order valence-electron chi connectivity index (χ3n) is 4.52. The van der Waals surface area contributed by atoms with Crippen LogP contribution in [-0.4, -0.2) is 52.3 Å². The van der Waals surface area contributed by atoms with E-state index in [0.29, 0.717) is 6.54 Å². The first-order chi connectivity index (χ1) is 12.2. The SMILES string of the molecule is C[C@@H](Cn1cccn1)NCC(=O)N[C@@H]1CCN(Cc2ccccc2)C1. The van der Waals surface area contributed by atoms with Crippen LogP contribution < -0.4 is 10.6 Å². The summed E-state index contributed by atoms with van der Waals surface area (Å²) in [4.78, 5) is 14.6. The van der Waals surface area contributed by atoms with Gasteiger partial charge < -0.3 is 10.6 Å². The van der Waals surface area contributed by atoms with Gasteiger partial charge in [-0.25, -0.2) is 0 Å². The molecule has 2 heterocycles. The standard InChI is InChI=1S/C19H27N5O/c1-16(13-24-10-5-9-21-24)20-12-19(25)22-18-8-11-23(15-18)14-17-6-3-2-4-7-17/h2-7,9-10,16,18,20H,8,11-15H2,1H3,(H,22,25)/t16-,18+/m0/s1. The van der Waals surface area contributed by atoms with Crippen molar-refractivity contribution in [3.05, 3.63) is 54.4 Å². The number of nitrogens with zero attached hydrogens (tertiary/aromatic N) is 3. The molecule has 1 amide bonds. The zero-order valence-electron chi connectivity index (χ0n) is 14.8. The molecule has 0 bridgehead atoms. The molecule has 2 atom stereocenters. The summed E-state index contributed by atoms with van der Waals surface area (Å²) < 4.78 is 1.87. The van der Waals surface area contributed by atoms with Gasteiger partial charge in [-0.3, -0.25) is 14.4 Å².